The van der Waals surface area contributed by atoms with E-state index >= 15 is 0 Å². The van der Waals surface area contributed by atoms with Gasteiger partial charge in [0.15, 0.2) is 5.58 Å². The van der Waals surface area contributed by atoms with Crippen LogP contribution in [0.15, 0.2) is 47.1 Å². The number of oxazole rings is 1. The Morgan fingerprint density at radius 2 is 2.30 bits per heavy atom. The van der Waals surface area contributed by atoms with E-state index in [-0.39, 0.29) is 11.9 Å². The minimum atomic E-state index is -0.298. The Bertz CT molecular complexity index is 805. The quantitative estimate of drug-likeness (QED) is 0.805. The summed E-state index contributed by atoms with van der Waals surface area (Å²) in [5, 5.41) is 3.41. The molecular formula is C17H17FN4O. The average molecular weight is 312 g/mol. The van der Waals surface area contributed by atoms with E-state index in [9.17, 15) is 4.39 Å². The van der Waals surface area contributed by atoms with Crippen LogP contribution in [0.2, 0.25) is 0 Å². The molecule has 1 fully saturated rings. The number of aromatic nitrogens is 2. The van der Waals surface area contributed by atoms with Gasteiger partial charge < -0.3 is 9.73 Å². The fraction of sp³-hybridized carbons (Fsp3) is 0.294. The molecule has 2 aromatic heterocycles. The Hall–Kier alpha value is -2.31. The highest BCUT2D eigenvalue weighted by Gasteiger charge is 2.25. The van der Waals surface area contributed by atoms with Crippen molar-refractivity contribution in [3.05, 3.63) is 60.0 Å². The van der Waals surface area contributed by atoms with E-state index in [1.807, 2.05) is 12.3 Å². The van der Waals surface area contributed by atoms with Gasteiger partial charge in [0.05, 0.1) is 6.54 Å². The van der Waals surface area contributed by atoms with Crippen molar-refractivity contribution < 1.29 is 8.81 Å². The minimum absolute atomic E-state index is 0.226. The molecular weight excluding hydrogens is 295 g/mol. The van der Waals surface area contributed by atoms with Gasteiger partial charge >= 0.3 is 0 Å². The van der Waals surface area contributed by atoms with Crippen LogP contribution >= 0.6 is 0 Å². The number of hydrogen-bond donors (Lipinski definition) is 1. The molecule has 3 heterocycles. The molecule has 6 heteroatoms. The second kappa shape index (κ2) is 6.06. The van der Waals surface area contributed by atoms with Crippen LogP contribution in [0.4, 0.5) is 4.39 Å². The number of nitrogens with zero attached hydrogens (tertiary/aromatic N) is 3. The highest BCUT2D eigenvalue weighted by molar-refractivity contribution is 5.72. The van der Waals surface area contributed by atoms with Gasteiger partial charge in [-0.05, 0) is 23.8 Å². The van der Waals surface area contributed by atoms with E-state index < -0.39 is 0 Å². The monoisotopic (exact) mass is 312 g/mol. The average Bonchev–Trinajstić information content (AvgIpc) is 2.97. The second-order valence-corrected chi connectivity index (χ2v) is 5.70. The summed E-state index contributed by atoms with van der Waals surface area (Å²) in [6.45, 7) is 3.27. The molecule has 0 bridgehead atoms. The number of nitrogens with one attached hydrogen (secondary N) is 1. The fourth-order valence-electron chi connectivity index (χ4n) is 3.03. The molecule has 1 aromatic carbocycles. The van der Waals surface area contributed by atoms with Crippen LogP contribution < -0.4 is 5.32 Å². The van der Waals surface area contributed by atoms with Crippen LogP contribution in [0.5, 0.6) is 0 Å². The van der Waals surface area contributed by atoms with Gasteiger partial charge in [0.2, 0.25) is 5.89 Å². The van der Waals surface area contributed by atoms with Gasteiger partial charge in [-0.25, -0.2) is 9.37 Å². The van der Waals surface area contributed by atoms with Crippen LogP contribution in [0.25, 0.3) is 11.1 Å². The van der Waals surface area contributed by atoms with Crippen molar-refractivity contribution in [1.82, 2.24) is 20.2 Å². The zero-order valence-corrected chi connectivity index (χ0v) is 12.6. The predicted octanol–water partition coefficient (Wildman–Crippen LogP) is 2.51. The molecule has 5 nitrogen and oxygen atoms in total. The van der Waals surface area contributed by atoms with Crippen LogP contribution in [0, 0.1) is 5.82 Å². The molecule has 0 aliphatic carbocycles. The van der Waals surface area contributed by atoms with E-state index in [4.69, 9.17) is 4.42 Å². The molecule has 1 unspecified atom stereocenters. The maximum Gasteiger partial charge on any atom is 0.209 e. The highest BCUT2D eigenvalue weighted by Crippen LogP contribution is 2.25. The van der Waals surface area contributed by atoms with Gasteiger partial charge in [-0.15, -0.1) is 0 Å². The van der Waals surface area contributed by atoms with E-state index in [2.05, 4.69) is 26.3 Å². The normalized spacial score (nSPS) is 19.3. The Kier molecular flexibility index (Phi) is 3.77. The molecule has 0 radical (unpaired) electrons. The molecule has 4 rings (SSSR count). The number of pyridine rings is 1. The molecule has 1 aliphatic heterocycles. The minimum Gasteiger partial charge on any atom is -0.439 e. The summed E-state index contributed by atoms with van der Waals surface area (Å²) >= 11 is 0. The van der Waals surface area contributed by atoms with Crippen LogP contribution in [0.1, 0.15) is 17.5 Å². The van der Waals surface area contributed by atoms with Crippen LogP contribution in [-0.4, -0.2) is 34.5 Å². The summed E-state index contributed by atoms with van der Waals surface area (Å²) < 4.78 is 19.0. The maximum atomic E-state index is 13.3. The lowest BCUT2D eigenvalue weighted by Crippen LogP contribution is -2.45. The SMILES string of the molecule is Fc1ccc2oc(CN3CCNCC3c3cccnc3)nc2c1. The number of benzene rings is 1. The third-order valence-corrected chi connectivity index (χ3v) is 4.16. The molecule has 0 amide bonds. The first-order valence-electron chi connectivity index (χ1n) is 7.69. The maximum absolute atomic E-state index is 13.3. The van der Waals surface area contributed by atoms with Gasteiger partial charge in [-0.2, -0.15) is 0 Å². The topological polar surface area (TPSA) is 54.2 Å². The number of halogens is 1. The third-order valence-electron chi connectivity index (χ3n) is 4.16. The lowest BCUT2D eigenvalue weighted by molar-refractivity contribution is 0.141. The lowest BCUT2D eigenvalue weighted by atomic mass is 10.1. The fourth-order valence-corrected chi connectivity index (χ4v) is 3.03. The third kappa shape index (κ3) is 2.95. The highest BCUT2D eigenvalue weighted by atomic mass is 19.1. The first kappa shape index (κ1) is 14.3. The first-order valence-corrected chi connectivity index (χ1v) is 7.69. The van der Waals surface area contributed by atoms with Gasteiger partial charge in [0, 0.05) is 44.1 Å². The zero-order valence-electron chi connectivity index (χ0n) is 12.6. The predicted molar refractivity (Wildman–Crippen MR) is 84.2 cm³/mol. The molecule has 3 aromatic rings. The van der Waals surface area contributed by atoms with Crippen molar-refractivity contribution >= 4 is 11.1 Å². The summed E-state index contributed by atoms with van der Waals surface area (Å²) in [5.74, 6) is 0.314. The molecule has 1 saturated heterocycles. The van der Waals surface area contributed by atoms with E-state index in [1.165, 1.54) is 17.7 Å². The summed E-state index contributed by atoms with van der Waals surface area (Å²) in [6, 6.07) is 8.67. The van der Waals surface area contributed by atoms with Gasteiger partial charge in [0.25, 0.3) is 0 Å². The van der Waals surface area contributed by atoms with Crippen molar-refractivity contribution in [1.29, 1.82) is 0 Å². The number of piperazine rings is 1. The van der Waals surface area contributed by atoms with E-state index in [0.29, 0.717) is 23.5 Å². The summed E-state index contributed by atoms with van der Waals surface area (Å²) in [6.07, 6.45) is 3.67. The Morgan fingerprint density at radius 3 is 3.17 bits per heavy atom. The van der Waals surface area contributed by atoms with Gasteiger partial charge in [-0.1, -0.05) is 6.07 Å². The van der Waals surface area contributed by atoms with E-state index in [0.717, 1.165) is 19.6 Å². The smallest absolute Gasteiger partial charge is 0.209 e. The molecule has 0 saturated carbocycles. The Labute approximate surface area is 133 Å². The zero-order chi connectivity index (χ0) is 15.6. The van der Waals surface area contributed by atoms with Crippen molar-refractivity contribution in [2.75, 3.05) is 19.6 Å². The van der Waals surface area contributed by atoms with Crippen LogP contribution in [-0.2, 0) is 6.54 Å². The molecule has 1 aliphatic rings. The van der Waals surface area contributed by atoms with Gasteiger partial charge in [-0.3, -0.25) is 9.88 Å². The standard InChI is InChI=1S/C17H17FN4O/c18-13-3-4-16-14(8-13)21-17(23-16)11-22-7-6-20-10-15(22)12-2-1-5-19-9-12/h1-5,8-9,15,20H,6-7,10-11H2. The van der Waals surface area contributed by atoms with Crippen LogP contribution in [0.3, 0.4) is 0 Å². The van der Waals surface area contributed by atoms with Crippen molar-refractivity contribution in [3.8, 4) is 0 Å². The molecule has 0 spiro atoms. The molecule has 23 heavy (non-hydrogen) atoms. The molecule has 1 N–H and O–H groups in total. The number of hydrogen-bond acceptors (Lipinski definition) is 5. The van der Waals surface area contributed by atoms with Crippen molar-refractivity contribution in [2.24, 2.45) is 0 Å². The largest absolute Gasteiger partial charge is 0.439 e. The number of fused-ring (bicyclic) bond motifs is 1. The summed E-state index contributed by atoms with van der Waals surface area (Å²) in [7, 11) is 0. The Balaban J connectivity index is 1.59. The first-order chi connectivity index (χ1) is 11.3. The number of rotatable bonds is 3. The molecule has 1 atom stereocenters. The van der Waals surface area contributed by atoms with Crippen molar-refractivity contribution in [2.45, 2.75) is 12.6 Å². The van der Waals surface area contributed by atoms with Gasteiger partial charge in [0.1, 0.15) is 11.3 Å². The summed E-state index contributed by atoms with van der Waals surface area (Å²) in [4.78, 5) is 10.9. The lowest BCUT2D eigenvalue weighted by Gasteiger charge is -2.35. The second-order valence-electron chi connectivity index (χ2n) is 5.70. The Morgan fingerprint density at radius 1 is 1.35 bits per heavy atom. The van der Waals surface area contributed by atoms with Crippen molar-refractivity contribution in [3.63, 3.8) is 0 Å². The van der Waals surface area contributed by atoms with E-state index in [1.54, 1.807) is 12.3 Å². The summed E-state index contributed by atoms with van der Waals surface area (Å²) in [5.41, 5.74) is 2.35. The molecule has 118 valence electrons.